The fourth-order valence-corrected chi connectivity index (χ4v) is 4.54. The predicted molar refractivity (Wildman–Crippen MR) is 109 cm³/mol. The van der Waals surface area contributed by atoms with E-state index in [9.17, 15) is 4.79 Å². The number of aromatic nitrogens is 1. The van der Waals surface area contributed by atoms with E-state index in [1.54, 1.807) is 11.3 Å². The van der Waals surface area contributed by atoms with E-state index in [0.29, 0.717) is 13.2 Å². The molecule has 2 heterocycles. The first kappa shape index (κ1) is 20.0. The van der Waals surface area contributed by atoms with E-state index in [-0.39, 0.29) is 11.9 Å². The molecule has 146 valence electrons. The minimum atomic E-state index is -0.409. The van der Waals surface area contributed by atoms with Gasteiger partial charge in [0, 0.05) is 31.6 Å². The van der Waals surface area contributed by atoms with Crippen LogP contribution in [-0.2, 0) is 22.5 Å². The molecule has 2 aromatic rings. The quantitative estimate of drug-likeness (QED) is 0.762. The summed E-state index contributed by atoms with van der Waals surface area (Å²) in [4.78, 5) is 22.9. The molecule has 0 saturated carbocycles. The summed E-state index contributed by atoms with van der Waals surface area (Å²) in [6.07, 6.45) is 0.518. The molecular weight excluding hydrogens is 358 g/mol. The number of carbonyl (C=O) groups is 1. The number of rotatable bonds is 6. The Bertz CT molecular complexity index is 762. The molecular formula is C21H29N3O2S. The molecule has 0 unspecified atom stereocenters. The van der Waals surface area contributed by atoms with Crippen LogP contribution in [-0.4, -0.2) is 53.5 Å². The minimum Gasteiger partial charge on any atom is -0.366 e. The van der Waals surface area contributed by atoms with Crippen LogP contribution in [0.5, 0.6) is 0 Å². The predicted octanol–water partition coefficient (Wildman–Crippen LogP) is 3.43. The Balaban J connectivity index is 1.64. The summed E-state index contributed by atoms with van der Waals surface area (Å²) >= 11 is 1.71. The smallest absolute Gasteiger partial charge is 0.253 e. The van der Waals surface area contributed by atoms with Crippen molar-refractivity contribution in [1.29, 1.82) is 0 Å². The van der Waals surface area contributed by atoms with Crippen LogP contribution in [0.3, 0.4) is 0 Å². The third-order valence-electron chi connectivity index (χ3n) is 5.16. The monoisotopic (exact) mass is 387 g/mol. The van der Waals surface area contributed by atoms with Crippen molar-refractivity contribution in [2.75, 3.05) is 26.7 Å². The van der Waals surface area contributed by atoms with Crippen LogP contribution in [0.15, 0.2) is 30.3 Å². The van der Waals surface area contributed by atoms with Gasteiger partial charge in [0.15, 0.2) is 0 Å². The Kier molecular flexibility index (Phi) is 6.63. The summed E-state index contributed by atoms with van der Waals surface area (Å²) in [6, 6.07) is 10.4. The molecule has 1 aliphatic heterocycles. The molecule has 1 fully saturated rings. The van der Waals surface area contributed by atoms with Gasteiger partial charge in [-0.1, -0.05) is 37.3 Å². The van der Waals surface area contributed by atoms with Gasteiger partial charge in [0.1, 0.15) is 6.10 Å². The van der Waals surface area contributed by atoms with Crippen LogP contribution in [0.25, 0.3) is 0 Å². The highest BCUT2D eigenvalue weighted by molar-refractivity contribution is 7.11. The lowest BCUT2D eigenvalue weighted by molar-refractivity contribution is -0.150. The number of thiazole rings is 1. The first-order valence-electron chi connectivity index (χ1n) is 9.60. The van der Waals surface area contributed by atoms with Crippen molar-refractivity contribution in [2.24, 2.45) is 0 Å². The molecule has 0 N–H and O–H groups in total. The highest BCUT2D eigenvalue weighted by Crippen LogP contribution is 2.29. The molecule has 0 spiro atoms. The third-order valence-corrected chi connectivity index (χ3v) is 6.63. The number of ether oxygens (including phenoxy) is 1. The van der Waals surface area contributed by atoms with E-state index in [1.165, 1.54) is 10.4 Å². The van der Waals surface area contributed by atoms with Gasteiger partial charge in [0.05, 0.1) is 23.4 Å². The van der Waals surface area contributed by atoms with E-state index >= 15 is 0 Å². The van der Waals surface area contributed by atoms with Crippen molar-refractivity contribution in [1.82, 2.24) is 14.8 Å². The van der Waals surface area contributed by atoms with Crippen LogP contribution in [0, 0.1) is 6.92 Å². The molecule has 1 aromatic carbocycles. The second-order valence-electron chi connectivity index (χ2n) is 7.12. The molecule has 0 radical (unpaired) electrons. The van der Waals surface area contributed by atoms with Gasteiger partial charge in [0.2, 0.25) is 0 Å². The lowest BCUT2D eigenvalue weighted by Gasteiger charge is -2.35. The molecule has 5 nitrogen and oxygen atoms in total. The van der Waals surface area contributed by atoms with Gasteiger partial charge < -0.3 is 9.64 Å². The first-order chi connectivity index (χ1) is 13.0. The summed E-state index contributed by atoms with van der Waals surface area (Å²) in [7, 11) is 1.87. The minimum absolute atomic E-state index is 0.00315. The van der Waals surface area contributed by atoms with Crippen LogP contribution in [0.2, 0.25) is 0 Å². The van der Waals surface area contributed by atoms with E-state index in [4.69, 9.17) is 4.74 Å². The number of hydrogen-bond acceptors (Lipinski definition) is 5. The van der Waals surface area contributed by atoms with E-state index < -0.39 is 6.10 Å². The normalized spacial score (nSPS) is 19.0. The number of aryl methyl sites for hydroxylation is 2. The standard InChI is InChI=1S/C21H29N3O2S/c1-5-19-22-15(2)20(27-19)16(3)23(4)21(25)18-14-24(11-12-26-18)13-17-9-7-6-8-10-17/h6-10,16,18H,5,11-14H2,1-4H3/t16-,18-/m1/s1. The molecule has 2 atom stereocenters. The van der Waals surface area contributed by atoms with Gasteiger partial charge in [-0.15, -0.1) is 11.3 Å². The molecule has 1 aliphatic rings. The van der Waals surface area contributed by atoms with Gasteiger partial charge in [0.25, 0.3) is 5.91 Å². The maximum atomic E-state index is 13.1. The molecule has 0 aliphatic carbocycles. The highest BCUT2D eigenvalue weighted by atomic mass is 32.1. The second-order valence-corrected chi connectivity index (χ2v) is 8.23. The fourth-order valence-electron chi connectivity index (χ4n) is 3.44. The van der Waals surface area contributed by atoms with E-state index in [0.717, 1.165) is 30.2 Å². The highest BCUT2D eigenvalue weighted by Gasteiger charge is 2.32. The van der Waals surface area contributed by atoms with Crippen LogP contribution in [0.1, 0.15) is 41.0 Å². The fraction of sp³-hybridized carbons (Fsp3) is 0.524. The van der Waals surface area contributed by atoms with Crippen molar-refractivity contribution in [3.63, 3.8) is 0 Å². The molecule has 1 aromatic heterocycles. The Morgan fingerprint density at radius 3 is 2.81 bits per heavy atom. The van der Waals surface area contributed by atoms with E-state index in [1.807, 2.05) is 24.9 Å². The molecule has 1 saturated heterocycles. The van der Waals surface area contributed by atoms with Gasteiger partial charge in [-0.2, -0.15) is 0 Å². The Labute approximate surface area is 166 Å². The largest absolute Gasteiger partial charge is 0.366 e. The van der Waals surface area contributed by atoms with Gasteiger partial charge in [-0.05, 0) is 25.8 Å². The van der Waals surface area contributed by atoms with Gasteiger partial charge >= 0.3 is 0 Å². The lowest BCUT2D eigenvalue weighted by Crippen LogP contribution is -2.50. The summed E-state index contributed by atoms with van der Waals surface area (Å²) < 4.78 is 5.83. The SMILES string of the molecule is CCc1nc(C)c([C@@H](C)N(C)C(=O)[C@H]2CN(Cc3ccccc3)CCO2)s1. The zero-order valence-corrected chi connectivity index (χ0v) is 17.5. The second kappa shape index (κ2) is 8.95. The zero-order chi connectivity index (χ0) is 19.4. The topological polar surface area (TPSA) is 45.7 Å². The number of benzene rings is 1. The number of amides is 1. The van der Waals surface area contributed by atoms with Crippen molar-refractivity contribution in [2.45, 2.75) is 45.9 Å². The van der Waals surface area contributed by atoms with Crippen molar-refractivity contribution in [3.8, 4) is 0 Å². The van der Waals surface area contributed by atoms with Crippen molar-refractivity contribution < 1.29 is 9.53 Å². The van der Waals surface area contributed by atoms with Gasteiger partial charge in [-0.25, -0.2) is 4.98 Å². The summed E-state index contributed by atoms with van der Waals surface area (Å²) in [5.74, 6) is 0.0473. The van der Waals surface area contributed by atoms with E-state index in [2.05, 4.69) is 48.0 Å². The summed E-state index contributed by atoms with van der Waals surface area (Å²) in [6.45, 7) is 9.13. The molecule has 27 heavy (non-hydrogen) atoms. The average molecular weight is 388 g/mol. The Morgan fingerprint density at radius 1 is 1.41 bits per heavy atom. The number of carbonyl (C=O) groups excluding carboxylic acids is 1. The number of hydrogen-bond donors (Lipinski definition) is 0. The van der Waals surface area contributed by atoms with Crippen LogP contribution < -0.4 is 0 Å². The first-order valence-corrected chi connectivity index (χ1v) is 10.4. The average Bonchev–Trinajstić information content (AvgIpc) is 3.08. The number of nitrogens with zero attached hydrogens (tertiary/aromatic N) is 3. The summed E-state index contributed by atoms with van der Waals surface area (Å²) in [5, 5.41) is 1.12. The lowest BCUT2D eigenvalue weighted by atomic mass is 10.1. The molecule has 1 amide bonds. The Morgan fingerprint density at radius 2 is 2.15 bits per heavy atom. The van der Waals surface area contributed by atoms with Crippen molar-refractivity contribution >= 4 is 17.2 Å². The number of morpholine rings is 1. The number of likely N-dealkylation sites (N-methyl/N-ethyl adjacent to an activating group) is 1. The molecule has 6 heteroatoms. The third kappa shape index (κ3) is 4.75. The maximum Gasteiger partial charge on any atom is 0.253 e. The van der Waals surface area contributed by atoms with Crippen LogP contribution >= 0.6 is 11.3 Å². The van der Waals surface area contributed by atoms with Crippen molar-refractivity contribution in [3.05, 3.63) is 51.5 Å². The molecule has 0 bridgehead atoms. The van der Waals surface area contributed by atoms with Crippen LogP contribution in [0.4, 0.5) is 0 Å². The van der Waals surface area contributed by atoms with Gasteiger partial charge in [-0.3, -0.25) is 9.69 Å². The zero-order valence-electron chi connectivity index (χ0n) is 16.6. The Hall–Kier alpha value is -1.76. The molecule has 3 rings (SSSR count). The maximum absolute atomic E-state index is 13.1. The summed E-state index contributed by atoms with van der Waals surface area (Å²) in [5.41, 5.74) is 2.29.